The highest BCUT2D eigenvalue weighted by molar-refractivity contribution is 4.98. The maximum absolute atomic E-state index is 5.95. The molecule has 1 fully saturated rings. The molecule has 102 valence electrons. The van der Waals surface area contributed by atoms with Gasteiger partial charge < -0.3 is 10.3 Å². The van der Waals surface area contributed by atoms with Gasteiger partial charge in [-0.05, 0) is 31.8 Å². The van der Waals surface area contributed by atoms with Gasteiger partial charge in [0, 0.05) is 25.8 Å². The zero-order chi connectivity index (χ0) is 13.0. The Morgan fingerprint density at radius 2 is 2.22 bits per heavy atom. The van der Waals surface area contributed by atoms with Gasteiger partial charge in [-0.1, -0.05) is 19.8 Å². The fourth-order valence-electron chi connectivity index (χ4n) is 3.15. The first-order chi connectivity index (χ1) is 8.76. The van der Waals surface area contributed by atoms with Crippen LogP contribution in [0, 0.1) is 5.92 Å². The molecule has 2 N–H and O–H groups in total. The third-order valence-electron chi connectivity index (χ3n) is 4.33. The van der Waals surface area contributed by atoms with Crippen molar-refractivity contribution in [3.63, 3.8) is 0 Å². The molecule has 1 aliphatic rings. The van der Waals surface area contributed by atoms with E-state index >= 15 is 0 Å². The molecule has 4 nitrogen and oxygen atoms in total. The average molecular weight is 250 g/mol. The van der Waals surface area contributed by atoms with Crippen LogP contribution in [-0.4, -0.2) is 33.6 Å². The van der Waals surface area contributed by atoms with E-state index < -0.39 is 0 Å². The third kappa shape index (κ3) is 2.93. The second-order valence-corrected chi connectivity index (χ2v) is 5.41. The zero-order valence-electron chi connectivity index (χ0n) is 11.7. The highest BCUT2D eigenvalue weighted by Crippen LogP contribution is 2.28. The number of aryl methyl sites for hydroxylation is 1. The third-order valence-corrected chi connectivity index (χ3v) is 4.33. The van der Waals surface area contributed by atoms with E-state index in [1.54, 1.807) is 0 Å². The molecule has 4 heteroatoms. The minimum atomic E-state index is 0.656. The van der Waals surface area contributed by atoms with Crippen LogP contribution in [0.3, 0.4) is 0 Å². The molecule has 1 aliphatic carbocycles. The van der Waals surface area contributed by atoms with Gasteiger partial charge in [-0.2, -0.15) is 0 Å². The van der Waals surface area contributed by atoms with Crippen molar-refractivity contribution in [3.05, 3.63) is 18.2 Å². The van der Waals surface area contributed by atoms with Gasteiger partial charge in [0.05, 0.1) is 12.0 Å². The Labute approximate surface area is 110 Å². The van der Waals surface area contributed by atoms with Crippen LogP contribution in [0.15, 0.2) is 12.5 Å². The van der Waals surface area contributed by atoms with Crippen LogP contribution >= 0.6 is 0 Å². The molecule has 0 spiro atoms. The zero-order valence-corrected chi connectivity index (χ0v) is 11.7. The van der Waals surface area contributed by atoms with Gasteiger partial charge in [0.15, 0.2) is 0 Å². The summed E-state index contributed by atoms with van der Waals surface area (Å²) in [6, 6.07) is 0.656. The molecule has 0 aliphatic heterocycles. The van der Waals surface area contributed by atoms with Crippen molar-refractivity contribution in [2.75, 3.05) is 13.1 Å². The first kappa shape index (κ1) is 13.6. The molecule has 18 heavy (non-hydrogen) atoms. The topological polar surface area (TPSA) is 47.1 Å². The van der Waals surface area contributed by atoms with Crippen molar-refractivity contribution in [1.82, 2.24) is 14.5 Å². The largest absolute Gasteiger partial charge is 0.337 e. The minimum Gasteiger partial charge on any atom is -0.337 e. The number of rotatable bonds is 5. The summed E-state index contributed by atoms with van der Waals surface area (Å²) in [5.74, 6) is 0.673. The molecular weight excluding hydrogens is 224 g/mol. The molecule has 0 amide bonds. The number of aromatic nitrogens is 2. The fraction of sp³-hybridized carbons (Fsp3) is 0.786. The van der Waals surface area contributed by atoms with Gasteiger partial charge >= 0.3 is 0 Å². The van der Waals surface area contributed by atoms with Gasteiger partial charge in [-0.25, -0.2) is 4.98 Å². The molecule has 0 radical (unpaired) electrons. The van der Waals surface area contributed by atoms with Gasteiger partial charge in [0.25, 0.3) is 0 Å². The average Bonchev–Trinajstić information content (AvgIpc) is 2.81. The molecule has 0 saturated heterocycles. The normalized spacial score (nSPS) is 24.7. The molecule has 1 aromatic rings. The first-order valence-corrected chi connectivity index (χ1v) is 7.15. The molecule has 1 aromatic heterocycles. The summed E-state index contributed by atoms with van der Waals surface area (Å²) in [6.07, 6.45) is 9.15. The lowest BCUT2D eigenvalue weighted by molar-refractivity contribution is 0.103. The smallest absolute Gasteiger partial charge is 0.0945 e. The fourth-order valence-corrected chi connectivity index (χ4v) is 3.15. The standard InChI is InChI=1S/C14H26N4/c1-3-18(10-13-9-16-11-17(13)2)14-7-5-4-6-12(14)8-15/h9,11-12,14H,3-8,10,15H2,1-2H3. The first-order valence-electron chi connectivity index (χ1n) is 7.15. The maximum Gasteiger partial charge on any atom is 0.0945 e. The molecule has 1 heterocycles. The Morgan fingerprint density at radius 1 is 1.44 bits per heavy atom. The van der Waals surface area contributed by atoms with Crippen LogP contribution in [0.1, 0.15) is 38.3 Å². The van der Waals surface area contributed by atoms with Crippen molar-refractivity contribution < 1.29 is 0 Å². The van der Waals surface area contributed by atoms with E-state index in [-0.39, 0.29) is 0 Å². The van der Waals surface area contributed by atoms with E-state index in [2.05, 4.69) is 28.4 Å². The molecule has 1 saturated carbocycles. The monoisotopic (exact) mass is 250 g/mol. The summed E-state index contributed by atoms with van der Waals surface area (Å²) in [4.78, 5) is 6.78. The summed E-state index contributed by atoms with van der Waals surface area (Å²) in [5.41, 5.74) is 7.24. The molecule has 2 atom stereocenters. The number of imidazole rings is 1. The lowest BCUT2D eigenvalue weighted by Gasteiger charge is -2.39. The Kier molecular flexibility index (Phi) is 4.78. The van der Waals surface area contributed by atoms with Gasteiger partial charge in [0.2, 0.25) is 0 Å². The predicted octanol–water partition coefficient (Wildman–Crippen LogP) is 1.76. The molecular formula is C14H26N4. The van der Waals surface area contributed by atoms with Crippen molar-refractivity contribution in [3.8, 4) is 0 Å². The van der Waals surface area contributed by atoms with Crippen molar-refractivity contribution in [2.45, 2.75) is 45.2 Å². The Hall–Kier alpha value is -0.870. The molecule has 2 unspecified atom stereocenters. The van der Waals surface area contributed by atoms with Crippen LogP contribution in [-0.2, 0) is 13.6 Å². The van der Waals surface area contributed by atoms with E-state index in [4.69, 9.17) is 5.73 Å². The Balaban J connectivity index is 2.05. The highest BCUT2D eigenvalue weighted by atomic mass is 15.2. The summed E-state index contributed by atoms with van der Waals surface area (Å²) >= 11 is 0. The number of nitrogens with zero attached hydrogens (tertiary/aromatic N) is 3. The molecule has 0 bridgehead atoms. The van der Waals surface area contributed by atoms with E-state index in [0.717, 1.165) is 19.6 Å². The maximum atomic E-state index is 5.95. The lowest BCUT2D eigenvalue weighted by Crippen LogP contribution is -2.44. The van der Waals surface area contributed by atoms with Crippen LogP contribution in [0.5, 0.6) is 0 Å². The quantitative estimate of drug-likeness (QED) is 0.866. The summed E-state index contributed by atoms with van der Waals surface area (Å²) in [6.45, 7) is 5.16. The second kappa shape index (κ2) is 6.34. The lowest BCUT2D eigenvalue weighted by atomic mass is 9.83. The van der Waals surface area contributed by atoms with Crippen LogP contribution in [0.4, 0.5) is 0 Å². The molecule has 2 rings (SSSR count). The summed E-state index contributed by atoms with van der Waals surface area (Å²) in [7, 11) is 2.07. The van der Waals surface area contributed by atoms with E-state index in [1.807, 2.05) is 12.5 Å². The van der Waals surface area contributed by atoms with Crippen LogP contribution < -0.4 is 5.73 Å². The van der Waals surface area contributed by atoms with E-state index in [9.17, 15) is 0 Å². The van der Waals surface area contributed by atoms with Crippen LogP contribution in [0.2, 0.25) is 0 Å². The van der Waals surface area contributed by atoms with Crippen molar-refractivity contribution in [1.29, 1.82) is 0 Å². The van der Waals surface area contributed by atoms with Gasteiger partial charge in [-0.3, -0.25) is 4.90 Å². The highest BCUT2D eigenvalue weighted by Gasteiger charge is 2.28. The molecule has 0 aromatic carbocycles. The van der Waals surface area contributed by atoms with Crippen LogP contribution in [0.25, 0.3) is 0 Å². The number of nitrogens with two attached hydrogens (primary N) is 1. The summed E-state index contributed by atoms with van der Waals surface area (Å²) in [5, 5.41) is 0. The Bertz CT molecular complexity index is 360. The minimum absolute atomic E-state index is 0.656. The van der Waals surface area contributed by atoms with Gasteiger partial charge in [-0.15, -0.1) is 0 Å². The summed E-state index contributed by atoms with van der Waals surface area (Å²) < 4.78 is 2.11. The van der Waals surface area contributed by atoms with E-state index in [1.165, 1.54) is 31.4 Å². The van der Waals surface area contributed by atoms with E-state index in [0.29, 0.717) is 12.0 Å². The second-order valence-electron chi connectivity index (χ2n) is 5.41. The van der Waals surface area contributed by atoms with Crippen molar-refractivity contribution >= 4 is 0 Å². The number of hydrogen-bond acceptors (Lipinski definition) is 3. The Morgan fingerprint density at radius 3 is 2.83 bits per heavy atom. The SMILES string of the molecule is CCN(Cc1cncn1C)C1CCCCC1CN. The predicted molar refractivity (Wildman–Crippen MR) is 74.1 cm³/mol. The number of hydrogen-bond donors (Lipinski definition) is 1. The van der Waals surface area contributed by atoms with Crippen molar-refractivity contribution in [2.24, 2.45) is 18.7 Å². The van der Waals surface area contributed by atoms with Gasteiger partial charge in [0.1, 0.15) is 0 Å².